The van der Waals surface area contributed by atoms with E-state index in [-0.39, 0.29) is 19.0 Å². The molecule has 0 spiro atoms. The van der Waals surface area contributed by atoms with Gasteiger partial charge in [-0.15, -0.1) is 11.3 Å². The first kappa shape index (κ1) is 19.6. The Kier molecular flexibility index (Phi) is 5.40. The van der Waals surface area contributed by atoms with Gasteiger partial charge in [0.2, 0.25) is 0 Å². The molecule has 0 atom stereocenters. The zero-order chi connectivity index (χ0) is 20.4. The molecule has 1 aliphatic heterocycles. The molecule has 3 heterocycles. The second-order valence-electron chi connectivity index (χ2n) is 7.03. The Bertz CT molecular complexity index is 998. The average Bonchev–Trinajstić information content (AvgIpc) is 3.17. The number of alkyl halides is 3. The molecule has 1 fully saturated rings. The summed E-state index contributed by atoms with van der Waals surface area (Å²) in [7, 11) is 0. The van der Waals surface area contributed by atoms with Crippen molar-refractivity contribution in [1.29, 1.82) is 0 Å². The maximum absolute atomic E-state index is 12.6. The molecule has 1 amide bonds. The topological polar surface area (TPSA) is 58.1 Å². The van der Waals surface area contributed by atoms with Crippen molar-refractivity contribution < 1.29 is 18.0 Å². The molecule has 3 aromatic rings. The molecule has 5 nitrogen and oxygen atoms in total. The van der Waals surface area contributed by atoms with Crippen molar-refractivity contribution in [3.63, 3.8) is 0 Å². The minimum absolute atomic E-state index is 0.125. The summed E-state index contributed by atoms with van der Waals surface area (Å²) in [5, 5.41) is 4.26. The van der Waals surface area contributed by atoms with Gasteiger partial charge in [-0.2, -0.15) is 13.2 Å². The molecule has 152 valence electrons. The van der Waals surface area contributed by atoms with Gasteiger partial charge in [0.15, 0.2) is 0 Å². The van der Waals surface area contributed by atoms with Crippen LogP contribution in [0.3, 0.4) is 0 Å². The number of carbonyl (C=O) groups is 1. The van der Waals surface area contributed by atoms with E-state index in [1.807, 2.05) is 30.3 Å². The number of halogens is 3. The quantitative estimate of drug-likeness (QED) is 0.672. The van der Waals surface area contributed by atoms with Gasteiger partial charge in [-0.25, -0.2) is 9.97 Å². The maximum atomic E-state index is 12.6. The summed E-state index contributed by atoms with van der Waals surface area (Å²) in [6.07, 6.45) is -2.22. The zero-order valence-electron chi connectivity index (χ0n) is 15.4. The Morgan fingerprint density at radius 2 is 1.90 bits per heavy atom. The second kappa shape index (κ2) is 7.98. The average molecular weight is 420 g/mol. The van der Waals surface area contributed by atoms with Gasteiger partial charge in [-0.1, -0.05) is 30.3 Å². The first-order chi connectivity index (χ1) is 13.9. The van der Waals surface area contributed by atoms with Crippen LogP contribution in [-0.2, 0) is 4.79 Å². The molecule has 9 heteroatoms. The number of aromatic nitrogens is 2. The van der Waals surface area contributed by atoms with E-state index in [4.69, 9.17) is 0 Å². The molecule has 1 aromatic carbocycles. The van der Waals surface area contributed by atoms with E-state index in [9.17, 15) is 18.0 Å². The molecule has 0 unspecified atom stereocenters. The normalized spacial score (nSPS) is 15.6. The van der Waals surface area contributed by atoms with Gasteiger partial charge in [-0.3, -0.25) is 4.79 Å². The van der Waals surface area contributed by atoms with Crippen LogP contribution in [-0.4, -0.2) is 46.6 Å². The summed E-state index contributed by atoms with van der Waals surface area (Å²) in [6.45, 7) is 0.845. The van der Waals surface area contributed by atoms with E-state index in [1.54, 1.807) is 11.3 Å². The van der Waals surface area contributed by atoms with E-state index in [0.29, 0.717) is 19.4 Å². The number of piperidine rings is 1. The third-order valence-corrected chi connectivity index (χ3v) is 6.18. The Labute approximate surface area is 169 Å². The van der Waals surface area contributed by atoms with Crippen LogP contribution in [0.1, 0.15) is 12.8 Å². The van der Waals surface area contributed by atoms with Crippen molar-refractivity contribution in [3.8, 4) is 10.4 Å². The van der Waals surface area contributed by atoms with Gasteiger partial charge < -0.3 is 10.2 Å². The second-order valence-corrected chi connectivity index (χ2v) is 8.06. The number of thiophene rings is 1. The molecule has 2 aromatic heterocycles. The summed E-state index contributed by atoms with van der Waals surface area (Å²) in [5.41, 5.74) is 1.11. The first-order valence-corrected chi connectivity index (χ1v) is 10.1. The Hall–Kier alpha value is -2.68. The Morgan fingerprint density at radius 1 is 1.17 bits per heavy atom. The molecule has 0 saturated carbocycles. The molecule has 29 heavy (non-hydrogen) atoms. The molecular weight excluding hydrogens is 401 g/mol. The SMILES string of the molecule is O=C(N1CCC(CNc2ncnc3sc(-c4ccccc4)cc23)CC1)C(F)(F)F. The van der Waals surface area contributed by atoms with Crippen molar-refractivity contribution >= 4 is 33.3 Å². The minimum atomic E-state index is -4.80. The van der Waals surface area contributed by atoms with Gasteiger partial charge in [0.05, 0.1) is 5.39 Å². The van der Waals surface area contributed by atoms with Gasteiger partial charge in [0.1, 0.15) is 17.0 Å². The van der Waals surface area contributed by atoms with Crippen LogP contribution >= 0.6 is 11.3 Å². The number of benzene rings is 1. The number of likely N-dealkylation sites (tertiary alicyclic amines) is 1. The first-order valence-electron chi connectivity index (χ1n) is 9.32. The van der Waals surface area contributed by atoms with Crippen molar-refractivity contribution in [1.82, 2.24) is 14.9 Å². The van der Waals surface area contributed by atoms with Crippen LogP contribution in [0.2, 0.25) is 0 Å². The highest BCUT2D eigenvalue weighted by Crippen LogP contribution is 2.35. The monoisotopic (exact) mass is 420 g/mol. The molecule has 0 bridgehead atoms. The molecule has 1 saturated heterocycles. The lowest BCUT2D eigenvalue weighted by Crippen LogP contribution is -2.46. The van der Waals surface area contributed by atoms with Crippen LogP contribution in [0, 0.1) is 5.92 Å². The van der Waals surface area contributed by atoms with Gasteiger partial charge in [0.25, 0.3) is 0 Å². The van der Waals surface area contributed by atoms with Gasteiger partial charge in [-0.05, 0) is 30.4 Å². The predicted octanol–water partition coefficient (Wildman–Crippen LogP) is 4.57. The lowest BCUT2D eigenvalue weighted by Gasteiger charge is -2.32. The summed E-state index contributed by atoms with van der Waals surface area (Å²) in [4.78, 5) is 22.9. The van der Waals surface area contributed by atoms with E-state index in [1.165, 1.54) is 6.33 Å². The van der Waals surface area contributed by atoms with Crippen LogP contribution in [0.4, 0.5) is 19.0 Å². The standard InChI is InChI=1S/C20H19F3N4OS/c21-20(22,23)19(28)27-8-6-13(7-9-27)11-24-17-15-10-16(14-4-2-1-3-5-14)29-18(15)26-12-25-17/h1-5,10,12-13H,6-9,11H2,(H,24,25,26). The lowest BCUT2D eigenvalue weighted by molar-refractivity contribution is -0.186. The Balaban J connectivity index is 1.41. The molecule has 1 aliphatic rings. The van der Waals surface area contributed by atoms with E-state index < -0.39 is 12.1 Å². The molecule has 4 rings (SSSR count). The summed E-state index contributed by atoms with van der Waals surface area (Å²) in [6, 6.07) is 12.1. The van der Waals surface area contributed by atoms with Crippen molar-refractivity contribution in [2.24, 2.45) is 5.92 Å². The van der Waals surface area contributed by atoms with Gasteiger partial charge >= 0.3 is 12.1 Å². The van der Waals surface area contributed by atoms with E-state index >= 15 is 0 Å². The highest BCUT2D eigenvalue weighted by Gasteiger charge is 2.43. The highest BCUT2D eigenvalue weighted by atomic mass is 32.1. The number of hydrogen-bond donors (Lipinski definition) is 1. The number of nitrogens with one attached hydrogen (secondary N) is 1. The summed E-state index contributed by atoms with van der Waals surface area (Å²) >= 11 is 1.59. The molecular formula is C20H19F3N4OS. The fraction of sp³-hybridized carbons (Fsp3) is 0.350. The van der Waals surface area contributed by atoms with E-state index in [0.717, 1.165) is 31.4 Å². The molecule has 0 radical (unpaired) electrons. The summed E-state index contributed by atoms with van der Waals surface area (Å²) < 4.78 is 37.7. The predicted molar refractivity (Wildman–Crippen MR) is 107 cm³/mol. The number of anilines is 1. The van der Waals surface area contributed by atoms with Crippen molar-refractivity contribution in [2.45, 2.75) is 19.0 Å². The fourth-order valence-electron chi connectivity index (χ4n) is 3.50. The number of carbonyl (C=O) groups excluding carboxylic acids is 1. The molecule has 1 N–H and O–H groups in total. The van der Waals surface area contributed by atoms with Crippen LogP contribution < -0.4 is 5.32 Å². The minimum Gasteiger partial charge on any atom is -0.369 e. The highest BCUT2D eigenvalue weighted by molar-refractivity contribution is 7.21. The summed E-state index contributed by atoms with van der Waals surface area (Å²) in [5.74, 6) is -0.833. The van der Waals surface area contributed by atoms with Crippen molar-refractivity contribution in [2.75, 3.05) is 25.0 Å². The third-order valence-electron chi connectivity index (χ3n) is 5.09. The third kappa shape index (κ3) is 4.34. The Morgan fingerprint density at radius 3 is 2.59 bits per heavy atom. The largest absolute Gasteiger partial charge is 0.471 e. The number of fused-ring (bicyclic) bond motifs is 1. The van der Waals surface area contributed by atoms with E-state index in [2.05, 4.69) is 21.4 Å². The van der Waals surface area contributed by atoms with Crippen LogP contribution in [0.15, 0.2) is 42.7 Å². The zero-order valence-corrected chi connectivity index (χ0v) is 16.3. The fourth-order valence-corrected chi connectivity index (χ4v) is 4.51. The van der Waals surface area contributed by atoms with Crippen LogP contribution in [0.25, 0.3) is 20.7 Å². The number of nitrogens with zero attached hydrogens (tertiary/aromatic N) is 3. The number of rotatable bonds is 4. The maximum Gasteiger partial charge on any atom is 0.471 e. The molecule has 0 aliphatic carbocycles. The van der Waals surface area contributed by atoms with Crippen molar-refractivity contribution in [3.05, 3.63) is 42.7 Å². The number of amides is 1. The number of hydrogen-bond acceptors (Lipinski definition) is 5. The lowest BCUT2D eigenvalue weighted by atomic mass is 9.96. The van der Waals surface area contributed by atoms with Crippen LogP contribution in [0.5, 0.6) is 0 Å². The smallest absolute Gasteiger partial charge is 0.369 e. The van der Waals surface area contributed by atoms with Gasteiger partial charge in [0, 0.05) is 24.5 Å².